The van der Waals surface area contributed by atoms with Gasteiger partial charge in [-0.05, 0) is 12.3 Å². The first-order valence-corrected chi connectivity index (χ1v) is 6.45. The van der Waals surface area contributed by atoms with Gasteiger partial charge in [0.05, 0.1) is 25.3 Å². The Morgan fingerprint density at radius 1 is 1.24 bits per heavy atom. The molecule has 1 fully saturated rings. The van der Waals surface area contributed by atoms with Crippen LogP contribution in [0.5, 0.6) is 0 Å². The van der Waals surface area contributed by atoms with Crippen molar-refractivity contribution in [3.05, 3.63) is 0 Å². The van der Waals surface area contributed by atoms with Gasteiger partial charge in [0.1, 0.15) is 0 Å². The molecule has 5 nitrogen and oxygen atoms in total. The third-order valence-electron chi connectivity index (χ3n) is 3.44. The maximum Gasteiger partial charge on any atom is 0.237 e. The Kier molecular flexibility index (Phi) is 6.47. The lowest BCUT2D eigenvalue weighted by atomic mass is 9.85. The molecule has 0 aromatic carbocycles. The molecule has 0 spiro atoms. The number of carbonyl (C=O) groups excluding carboxylic acids is 1. The molecule has 0 aliphatic heterocycles. The van der Waals surface area contributed by atoms with Gasteiger partial charge in [-0.1, -0.05) is 32.1 Å². The molecule has 100 valence electrons. The van der Waals surface area contributed by atoms with Gasteiger partial charge in [0.15, 0.2) is 0 Å². The molecule has 0 bridgehead atoms. The summed E-state index contributed by atoms with van der Waals surface area (Å²) >= 11 is 0. The number of rotatable bonds is 6. The molecule has 1 rings (SSSR count). The number of hydrogen-bond acceptors (Lipinski definition) is 4. The summed E-state index contributed by atoms with van der Waals surface area (Å²) < 4.78 is 0. The smallest absolute Gasteiger partial charge is 0.237 e. The highest BCUT2D eigenvalue weighted by atomic mass is 16.3. The molecule has 0 aromatic rings. The number of aliphatic hydroxyl groups excluding tert-OH is 2. The highest BCUT2D eigenvalue weighted by molar-refractivity contribution is 5.81. The predicted molar refractivity (Wildman–Crippen MR) is 65.3 cm³/mol. The summed E-state index contributed by atoms with van der Waals surface area (Å²) in [6, 6.07) is -1.13. The average Bonchev–Trinajstić information content (AvgIpc) is 2.36. The quantitative estimate of drug-likeness (QED) is 0.518. The standard InChI is InChI=1S/C12H24N2O3/c13-11(6-9-4-2-1-3-5-9)12(17)14-10(7-15)8-16/h9-11,15-16H,1-8,13H2,(H,14,17). The topological polar surface area (TPSA) is 95.6 Å². The van der Waals surface area contributed by atoms with Crippen LogP contribution >= 0.6 is 0 Å². The summed E-state index contributed by atoms with van der Waals surface area (Å²) in [5.74, 6) is 0.273. The minimum absolute atomic E-state index is 0.265. The van der Waals surface area contributed by atoms with Crippen molar-refractivity contribution in [2.45, 2.75) is 50.6 Å². The van der Waals surface area contributed by atoms with Gasteiger partial charge in [0.2, 0.25) is 5.91 Å². The van der Waals surface area contributed by atoms with Gasteiger partial charge in [-0.25, -0.2) is 0 Å². The fourth-order valence-corrected chi connectivity index (χ4v) is 2.35. The van der Waals surface area contributed by atoms with Crippen molar-refractivity contribution in [3.8, 4) is 0 Å². The van der Waals surface area contributed by atoms with Crippen LogP contribution in [0.15, 0.2) is 0 Å². The van der Waals surface area contributed by atoms with E-state index in [2.05, 4.69) is 5.32 Å². The van der Waals surface area contributed by atoms with Crippen molar-refractivity contribution < 1.29 is 15.0 Å². The lowest BCUT2D eigenvalue weighted by Crippen LogP contribution is -2.48. The highest BCUT2D eigenvalue weighted by Crippen LogP contribution is 2.26. The van der Waals surface area contributed by atoms with Crippen molar-refractivity contribution >= 4 is 5.91 Å². The minimum Gasteiger partial charge on any atom is -0.394 e. The second-order valence-corrected chi connectivity index (χ2v) is 4.92. The summed E-state index contributed by atoms with van der Waals surface area (Å²) in [7, 11) is 0. The lowest BCUT2D eigenvalue weighted by Gasteiger charge is -2.25. The highest BCUT2D eigenvalue weighted by Gasteiger charge is 2.22. The van der Waals surface area contributed by atoms with Gasteiger partial charge in [0.25, 0.3) is 0 Å². The van der Waals surface area contributed by atoms with Crippen molar-refractivity contribution in [1.29, 1.82) is 0 Å². The molecule has 0 aromatic heterocycles. The van der Waals surface area contributed by atoms with Gasteiger partial charge < -0.3 is 21.3 Å². The molecular formula is C12H24N2O3. The van der Waals surface area contributed by atoms with Crippen LogP contribution in [0.25, 0.3) is 0 Å². The van der Waals surface area contributed by atoms with E-state index in [1.807, 2.05) is 0 Å². The number of carbonyl (C=O) groups is 1. The fraction of sp³-hybridized carbons (Fsp3) is 0.917. The first kappa shape index (κ1) is 14.4. The van der Waals surface area contributed by atoms with Gasteiger partial charge in [0, 0.05) is 0 Å². The Bertz CT molecular complexity index is 226. The second kappa shape index (κ2) is 7.63. The zero-order chi connectivity index (χ0) is 12.7. The molecule has 1 saturated carbocycles. The Hall–Kier alpha value is -0.650. The first-order valence-electron chi connectivity index (χ1n) is 6.45. The van der Waals surface area contributed by atoms with Crippen molar-refractivity contribution in [2.24, 2.45) is 11.7 Å². The maximum absolute atomic E-state index is 11.7. The zero-order valence-corrected chi connectivity index (χ0v) is 10.3. The largest absolute Gasteiger partial charge is 0.394 e. The number of nitrogens with two attached hydrogens (primary N) is 1. The average molecular weight is 244 g/mol. The predicted octanol–water partition coefficient (Wildman–Crippen LogP) is -0.247. The molecule has 1 unspecified atom stereocenters. The van der Waals surface area contributed by atoms with Gasteiger partial charge in [-0.15, -0.1) is 0 Å². The minimum atomic E-state index is -0.597. The molecular weight excluding hydrogens is 220 g/mol. The van der Waals surface area contributed by atoms with Crippen LogP contribution in [0.2, 0.25) is 0 Å². The molecule has 1 atom stereocenters. The molecule has 5 N–H and O–H groups in total. The van der Waals surface area contributed by atoms with Crippen LogP contribution in [-0.4, -0.2) is 41.4 Å². The Balaban J connectivity index is 2.30. The first-order chi connectivity index (χ1) is 8.17. The Morgan fingerprint density at radius 3 is 2.35 bits per heavy atom. The molecule has 1 aliphatic rings. The van der Waals surface area contributed by atoms with Gasteiger partial charge >= 0.3 is 0 Å². The SMILES string of the molecule is NC(CC1CCCCC1)C(=O)NC(CO)CO. The summed E-state index contributed by atoms with van der Waals surface area (Å²) in [5, 5.41) is 20.3. The number of hydrogen-bond donors (Lipinski definition) is 4. The van der Waals surface area contributed by atoms with E-state index in [4.69, 9.17) is 15.9 Å². The maximum atomic E-state index is 11.7. The summed E-state index contributed by atoms with van der Waals surface area (Å²) in [6.07, 6.45) is 6.77. The normalized spacial score (nSPS) is 19.3. The number of amides is 1. The van der Waals surface area contributed by atoms with E-state index < -0.39 is 12.1 Å². The third-order valence-corrected chi connectivity index (χ3v) is 3.44. The van der Waals surface area contributed by atoms with E-state index in [0.717, 1.165) is 12.8 Å². The van der Waals surface area contributed by atoms with E-state index in [0.29, 0.717) is 12.3 Å². The van der Waals surface area contributed by atoms with E-state index in [-0.39, 0.29) is 19.1 Å². The van der Waals surface area contributed by atoms with E-state index in [1.54, 1.807) is 0 Å². The zero-order valence-electron chi connectivity index (χ0n) is 10.3. The number of aliphatic hydroxyl groups is 2. The van der Waals surface area contributed by atoms with Gasteiger partial charge in [-0.3, -0.25) is 4.79 Å². The van der Waals surface area contributed by atoms with E-state index >= 15 is 0 Å². The molecule has 0 heterocycles. The second-order valence-electron chi connectivity index (χ2n) is 4.92. The third kappa shape index (κ3) is 5.02. The Labute approximate surface area is 102 Å². The molecule has 5 heteroatoms. The van der Waals surface area contributed by atoms with Crippen LogP contribution in [0.1, 0.15) is 38.5 Å². The van der Waals surface area contributed by atoms with Crippen molar-refractivity contribution in [3.63, 3.8) is 0 Å². The molecule has 17 heavy (non-hydrogen) atoms. The van der Waals surface area contributed by atoms with E-state index in [1.165, 1.54) is 19.3 Å². The summed E-state index contributed by atoms with van der Waals surface area (Å²) in [4.78, 5) is 11.7. The monoisotopic (exact) mass is 244 g/mol. The van der Waals surface area contributed by atoms with Crippen LogP contribution in [0, 0.1) is 5.92 Å². The molecule has 0 radical (unpaired) electrons. The fourth-order valence-electron chi connectivity index (χ4n) is 2.35. The van der Waals surface area contributed by atoms with Crippen LogP contribution in [0.3, 0.4) is 0 Å². The summed E-state index contributed by atoms with van der Waals surface area (Å²) in [6.45, 7) is -0.531. The molecule has 1 amide bonds. The lowest BCUT2D eigenvalue weighted by molar-refractivity contribution is -0.124. The van der Waals surface area contributed by atoms with Crippen LogP contribution in [0.4, 0.5) is 0 Å². The Morgan fingerprint density at radius 2 is 1.82 bits per heavy atom. The molecule has 1 aliphatic carbocycles. The van der Waals surface area contributed by atoms with Gasteiger partial charge in [-0.2, -0.15) is 0 Å². The number of nitrogens with one attached hydrogen (secondary N) is 1. The van der Waals surface area contributed by atoms with Crippen molar-refractivity contribution in [2.75, 3.05) is 13.2 Å². The van der Waals surface area contributed by atoms with Crippen LogP contribution in [-0.2, 0) is 4.79 Å². The molecule has 0 saturated heterocycles. The van der Waals surface area contributed by atoms with Crippen LogP contribution < -0.4 is 11.1 Å². The summed E-state index contributed by atoms with van der Waals surface area (Å²) in [5.41, 5.74) is 5.83. The van der Waals surface area contributed by atoms with Crippen molar-refractivity contribution in [1.82, 2.24) is 5.32 Å². The van der Waals surface area contributed by atoms with E-state index in [9.17, 15) is 4.79 Å².